The maximum absolute atomic E-state index is 13.3. The van der Waals surface area contributed by atoms with Gasteiger partial charge in [0.2, 0.25) is 0 Å². The van der Waals surface area contributed by atoms with E-state index in [9.17, 15) is 24.7 Å². The summed E-state index contributed by atoms with van der Waals surface area (Å²) < 4.78 is 10.3. The van der Waals surface area contributed by atoms with Gasteiger partial charge in [-0.2, -0.15) is 4.79 Å². The molecule has 0 radical (unpaired) electrons. The Balaban J connectivity index is 1.66. The number of carbonyl (C=O) groups is 4. The van der Waals surface area contributed by atoms with Crippen LogP contribution in [0.25, 0.3) is 5.53 Å². The van der Waals surface area contributed by atoms with Gasteiger partial charge >= 0.3 is 17.9 Å². The van der Waals surface area contributed by atoms with E-state index in [-0.39, 0.29) is 19.6 Å². The number of alkyl carbamates (subject to hydrolysis) is 2. The van der Waals surface area contributed by atoms with Crippen LogP contribution < -0.4 is 10.6 Å². The third-order valence-electron chi connectivity index (χ3n) is 5.61. The second-order valence-electron chi connectivity index (χ2n) is 8.55. The number of nitrogens with one attached hydrogen (secondary N) is 2. The highest BCUT2D eigenvalue weighted by Crippen LogP contribution is 2.08. The van der Waals surface area contributed by atoms with Gasteiger partial charge in [-0.05, 0) is 23.6 Å². The molecule has 3 rings (SSSR count). The zero-order chi connectivity index (χ0) is 28.0. The standard InChI is InChI=1S/C29H28N4O6/c1-20(31-28(36)38-18-22-13-7-3-8-14-22)26(34)25(33-30)27(35)24(17-21-11-5-2-6-12-21)32-29(37)39-19-23-15-9-4-10-16-23/h2-16,20,24H,17-19H2,1H3,(H,31,36)(H,32,37)/t20-,24-/m1/s1. The quantitative estimate of drug-likeness (QED) is 0.159. The van der Waals surface area contributed by atoms with Crippen LogP contribution in [0, 0.1) is 0 Å². The Morgan fingerprint density at radius 1 is 0.692 bits per heavy atom. The Hall–Kier alpha value is -5.08. The number of amides is 2. The minimum Gasteiger partial charge on any atom is -0.445 e. The number of nitrogens with zero attached hydrogens (tertiary/aromatic N) is 2. The van der Waals surface area contributed by atoms with Crippen molar-refractivity contribution in [2.24, 2.45) is 0 Å². The van der Waals surface area contributed by atoms with E-state index in [1.54, 1.807) is 78.9 Å². The molecule has 200 valence electrons. The van der Waals surface area contributed by atoms with Gasteiger partial charge in [-0.15, -0.1) is 0 Å². The number of hydrogen-bond donors (Lipinski definition) is 2. The summed E-state index contributed by atoms with van der Waals surface area (Å²) in [5, 5.41) is 4.78. The number of ketones is 2. The lowest BCUT2D eigenvalue weighted by molar-refractivity contribution is -0.126. The van der Waals surface area contributed by atoms with Crippen molar-refractivity contribution in [1.82, 2.24) is 10.6 Å². The normalized spacial score (nSPS) is 11.7. The van der Waals surface area contributed by atoms with Gasteiger partial charge in [0.25, 0.3) is 11.6 Å². The molecule has 39 heavy (non-hydrogen) atoms. The van der Waals surface area contributed by atoms with Crippen LogP contribution in [-0.2, 0) is 38.7 Å². The van der Waals surface area contributed by atoms with E-state index in [2.05, 4.69) is 15.4 Å². The molecule has 0 unspecified atom stereocenters. The van der Waals surface area contributed by atoms with Crippen molar-refractivity contribution in [3.8, 4) is 0 Å². The highest BCUT2D eigenvalue weighted by molar-refractivity contribution is 6.66. The van der Waals surface area contributed by atoms with Crippen molar-refractivity contribution in [1.29, 1.82) is 0 Å². The molecule has 0 aliphatic carbocycles. The smallest absolute Gasteiger partial charge is 0.408 e. The van der Waals surface area contributed by atoms with Gasteiger partial charge in [-0.25, -0.2) is 9.59 Å². The van der Waals surface area contributed by atoms with Crippen molar-refractivity contribution in [3.05, 3.63) is 113 Å². The van der Waals surface area contributed by atoms with E-state index in [1.807, 2.05) is 12.1 Å². The molecule has 0 saturated heterocycles. The Kier molecular flexibility index (Phi) is 10.7. The summed E-state index contributed by atoms with van der Waals surface area (Å²) in [5.41, 5.74) is 10.9. The number of hydrogen-bond acceptors (Lipinski definition) is 6. The fourth-order valence-corrected chi connectivity index (χ4v) is 3.56. The van der Waals surface area contributed by atoms with E-state index < -0.39 is 41.5 Å². The van der Waals surface area contributed by atoms with E-state index in [0.717, 1.165) is 11.1 Å². The van der Waals surface area contributed by atoms with Crippen molar-refractivity contribution in [2.75, 3.05) is 0 Å². The Bertz CT molecular complexity index is 1330. The predicted octanol–water partition coefficient (Wildman–Crippen LogP) is 3.65. The van der Waals surface area contributed by atoms with E-state index in [1.165, 1.54) is 6.92 Å². The van der Waals surface area contributed by atoms with Crippen LogP contribution in [0.1, 0.15) is 23.6 Å². The van der Waals surface area contributed by atoms with Crippen molar-refractivity contribution in [3.63, 3.8) is 0 Å². The molecule has 0 spiro atoms. The molecule has 2 atom stereocenters. The molecule has 10 nitrogen and oxygen atoms in total. The molecular formula is C29H28N4O6. The van der Waals surface area contributed by atoms with Gasteiger partial charge in [0, 0.05) is 6.42 Å². The van der Waals surface area contributed by atoms with Crippen molar-refractivity contribution >= 4 is 29.5 Å². The van der Waals surface area contributed by atoms with Gasteiger partial charge in [-0.3, -0.25) is 9.59 Å². The number of Topliss-reactive ketones (excluding diaryl/α,β-unsaturated/α-hetero) is 2. The summed E-state index contributed by atoms with van der Waals surface area (Å²) in [6.07, 6.45) is -1.80. The highest BCUT2D eigenvalue weighted by Gasteiger charge is 2.39. The first-order valence-electron chi connectivity index (χ1n) is 12.2. The molecule has 3 aromatic rings. The summed E-state index contributed by atoms with van der Waals surface area (Å²) in [6, 6.07) is 24.1. The topological polar surface area (TPSA) is 147 Å². The van der Waals surface area contributed by atoms with Gasteiger partial charge in [-0.1, -0.05) is 91.0 Å². The van der Waals surface area contributed by atoms with E-state index in [4.69, 9.17) is 9.47 Å². The maximum atomic E-state index is 13.3. The molecule has 10 heteroatoms. The number of carbonyl (C=O) groups excluding carboxylic acids is 4. The van der Waals surface area contributed by atoms with Crippen LogP contribution in [0.5, 0.6) is 0 Å². The fraction of sp³-hybridized carbons (Fsp3) is 0.207. The summed E-state index contributed by atoms with van der Waals surface area (Å²) in [4.78, 5) is 53.9. The monoisotopic (exact) mass is 528 g/mol. The highest BCUT2D eigenvalue weighted by atomic mass is 16.6. The zero-order valence-electron chi connectivity index (χ0n) is 21.3. The van der Waals surface area contributed by atoms with Crippen LogP contribution in [0.2, 0.25) is 0 Å². The zero-order valence-corrected chi connectivity index (χ0v) is 21.3. The SMILES string of the molecule is C[C@@H](NC(=O)OCc1ccccc1)C(=O)C(=[N+]=[N-])C(=O)[C@@H](Cc1ccccc1)NC(=O)OCc1ccccc1. The van der Waals surface area contributed by atoms with Crippen LogP contribution in [0.4, 0.5) is 9.59 Å². The molecule has 2 amide bonds. The second-order valence-corrected chi connectivity index (χ2v) is 8.55. The van der Waals surface area contributed by atoms with Crippen LogP contribution in [-0.4, -0.2) is 46.3 Å². The Morgan fingerprint density at radius 2 is 1.13 bits per heavy atom. The predicted molar refractivity (Wildman–Crippen MR) is 142 cm³/mol. The first-order valence-corrected chi connectivity index (χ1v) is 12.2. The van der Waals surface area contributed by atoms with Crippen LogP contribution >= 0.6 is 0 Å². The molecule has 0 aromatic heterocycles. The number of rotatable bonds is 12. The fourth-order valence-electron chi connectivity index (χ4n) is 3.56. The number of ether oxygens (including phenoxy) is 2. The Labute approximate surface area is 225 Å². The molecule has 0 saturated carbocycles. The molecule has 0 fully saturated rings. The molecule has 0 aliphatic rings. The van der Waals surface area contributed by atoms with Gasteiger partial charge in [0.05, 0.1) is 0 Å². The third kappa shape index (κ3) is 9.07. The average Bonchev–Trinajstić information content (AvgIpc) is 2.96. The maximum Gasteiger partial charge on any atom is 0.408 e. The lowest BCUT2D eigenvalue weighted by atomic mass is 9.96. The second kappa shape index (κ2) is 14.6. The van der Waals surface area contributed by atoms with Gasteiger partial charge < -0.3 is 25.6 Å². The lowest BCUT2D eigenvalue weighted by Gasteiger charge is -2.17. The minimum atomic E-state index is -1.29. The molecular weight excluding hydrogens is 500 g/mol. The molecule has 0 heterocycles. The molecule has 0 bridgehead atoms. The average molecular weight is 529 g/mol. The lowest BCUT2D eigenvalue weighted by Crippen LogP contribution is -2.51. The number of benzene rings is 3. The van der Waals surface area contributed by atoms with Gasteiger partial charge in [0.1, 0.15) is 25.3 Å². The summed E-state index contributed by atoms with van der Waals surface area (Å²) >= 11 is 0. The van der Waals surface area contributed by atoms with Crippen molar-refractivity contribution < 1.29 is 33.4 Å². The van der Waals surface area contributed by atoms with Crippen LogP contribution in [0.3, 0.4) is 0 Å². The van der Waals surface area contributed by atoms with Crippen LogP contribution in [0.15, 0.2) is 91.0 Å². The van der Waals surface area contributed by atoms with Gasteiger partial charge in [0.15, 0.2) is 0 Å². The first kappa shape index (κ1) is 28.5. The summed E-state index contributed by atoms with van der Waals surface area (Å²) in [5.74, 6) is -1.91. The van der Waals surface area contributed by atoms with E-state index >= 15 is 0 Å². The first-order chi connectivity index (χ1) is 18.9. The van der Waals surface area contributed by atoms with E-state index in [0.29, 0.717) is 5.56 Å². The summed E-state index contributed by atoms with van der Waals surface area (Å²) in [7, 11) is 0. The third-order valence-corrected chi connectivity index (χ3v) is 5.61. The molecule has 2 N–H and O–H groups in total. The molecule has 3 aromatic carbocycles. The van der Waals surface area contributed by atoms with Crippen molar-refractivity contribution in [2.45, 2.75) is 38.6 Å². The minimum absolute atomic E-state index is 0.00661. The summed E-state index contributed by atoms with van der Waals surface area (Å²) in [6.45, 7) is 1.25. The molecule has 0 aliphatic heterocycles. The Morgan fingerprint density at radius 3 is 1.59 bits per heavy atom. The largest absolute Gasteiger partial charge is 0.445 e.